The van der Waals surface area contributed by atoms with Gasteiger partial charge in [-0.25, -0.2) is 0 Å². The van der Waals surface area contributed by atoms with Crippen LogP contribution in [-0.4, -0.2) is 13.2 Å². The van der Waals surface area contributed by atoms with Gasteiger partial charge in [-0.2, -0.15) is 0 Å². The molecule has 1 nitrogen and oxygen atoms in total. The zero-order chi connectivity index (χ0) is 101. The van der Waals surface area contributed by atoms with E-state index in [1.807, 2.05) is 13.8 Å². The number of hydrogen-bond acceptors (Lipinski definition) is 1. The summed E-state index contributed by atoms with van der Waals surface area (Å²) in [5, 5.41) is 0. The van der Waals surface area contributed by atoms with Crippen LogP contribution in [0.4, 0.5) is 0 Å². The Labute approximate surface area is 817 Å². The maximum atomic E-state index is 4.83. The van der Waals surface area contributed by atoms with E-state index >= 15 is 0 Å². The molecule has 0 fully saturated rings. The van der Waals surface area contributed by atoms with Crippen LogP contribution in [0.25, 0.3) is 0 Å². The topological polar surface area (TPSA) is 9.23 Å². The van der Waals surface area contributed by atoms with E-state index in [4.69, 9.17) is 4.74 Å². The first-order valence-corrected chi connectivity index (χ1v) is 60.3. The fourth-order valence-electron chi connectivity index (χ4n) is 10.2. The van der Waals surface area contributed by atoms with Gasteiger partial charge in [0.05, 0.1) is 0 Å². The predicted octanol–water partition coefficient (Wildman–Crippen LogP) is 52.8. The molecule has 0 saturated carbocycles. The first-order valence-electron chi connectivity index (χ1n) is 60.3. The summed E-state index contributed by atoms with van der Waals surface area (Å²) >= 11 is 0. The van der Waals surface area contributed by atoms with Gasteiger partial charge >= 0.3 is 0 Å². The molecule has 0 unspecified atom stereocenters. The van der Waals surface area contributed by atoms with E-state index in [9.17, 15) is 0 Å². The highest BCUT2D eigenvalue weighted by molar-refractivity contribution is 4.41. The van der Waals surface area contributed by atoms with Crippen molar-refractivity contribution in [1.29, 1.82) is 0 Å². The van der Waals surface area contributed by atoms with Crippen LogP contribution in [0.15, 0.2) is 0 Å². The molecule has 0 aliphatic heterocycles. The summed E-state index contributed by atoms with van der Waals surface area (Å²) in [4.78, 5) is 0. The summed E-state index contributed by atoms with van der Waals surface area (Å²) in [7, 11) is 0. The molecule has 0 heterocycles. The molecule has 0 rings (SSSR count). The van der Waals surface area contributed by atoms with E-state index in [1.165, 1.54) is 514 Å². The van der Waals surface area contributed by atoms with E-state index in [0.717, 1.165) is 13.2 Å². The highest BCUT2D eigenvalue weighted by atomic mass is 16.5. The first kappa shape index (κ1) is 178. The molecule has 0 aliphatic carbocycles. The van der Waals surface area contributed by atoms with Gasteiger partial charge in [-0.15, -0.1) is 0 Å². The maximum Gasteiger partial charge on any atom is 0.0437 e. The monoisotopic (exact) mass is 1800 g/mol. The maximum absolute atomic E-state index is 4.83. The average molecular weight is 1800 g/mol. The van der Waals surface area contributed by atoms with Crippen molar-refractivity contribution >= 4 is 0 Å². The van der Waals surface area contributed by atoms with Crippen molar-refractivity contribution in [3.05, 3.63) is 0 Å². The van der Waals surface area contributed by atoms with Crippen LogP contribution >= 0.6 is 0 Å². The second-order valence-electron chi connectivity index (χ2n) is 34.9. The van der Waals surface area contributed by atoms with Crippen LogP contribution in [0.2, 0.25) is 0 Å². The molecule has 0 bridgehead atoms. The summed E-state index contributed by atoms with van der Waals surface area (Å²) in [5.74, 6) is 0. The number of ether oxygens (including phenoxy) is 1. The average Bonchev–Trinajstić information content (AvgIpc) is 3.85. The second kappa shape index (κ2) is 272. The fourth-order valence-corrected chi connectivity index (χ4v) is 10.2. The Morgan fingerprint density at radius 2 is 0.0960 bits per heavy atom. The van der Waals surface area contributed by atoms with Crippen molar-refractivity contribution in [2.75, 3.05) is 13.2 Å². The molecular weight excluding hydrogens is 1510 g/mol. The molecule has 0 aliphatic rings. The van der Waals surface area contributed by atoms with E-state index in [0.29, 0.717) is 0 Å². The molecule has 125 heavy (non-hydrogen) atoms. The molecule has 0 amide bonds. The molecule has 0 atom stereocenters. The molecular formula is C124H290O. The van der Waals surface area contributed by atoms with E-state index < -0.39 is 0 Å². The van der Waals surface area contributed by atoms with Crippen molar-refractivity contribution in [2.45, 2.75) is 804 Å². The van der Waals surface area contributed by atoms with Gasteiger partial charge in [-0.1, -0.05) is 791 Å². The molecule has 792 valence electrons. The highest BCUT2D eigenvalue weighted by Gasteiger charge is 1.86. The largest absolute Gasteiger partial charge is 0.382 e. The minimum absolute atomic E-state index is 0.844. The second-order valence-corrected chi connectivity index (χ2v) is 34.9. The lowest BCUT2D eigenvalue weighted by Gasteiger charge is -1.86. The minimum atomic E-state index is 0.844. The van der Waals surface area contributed by atoms with Gasteiger partial charge in [0.15, 0.2) is 0 Å². The lowest BCUT2D eigenvalue weighted by molar-refractivity contribution is 0.162. The van der Waals surface area contributed by atoms with Gasteiger partial charge in [0, 0.05) is 13.2 Å². The molecule has 0 spiro atoms. The van der Waals surface area contributed by atoms with Crippen molar-refractivity contribution in [2.24, 2.45) is 0 Å². The van der Waals surface area contributed by atoms with Gasteiger partial charge in [0.2, 0.25) is 0 Å². The summed E-state index contributed by atoms with van der Waals surface area (Å²) in [6, 6.07) is 0. The molecule has 0 aromatic rings. The van der Waals surface area contributed by atoms with E-state index in [2.05, 4.69) is 277 Å². The van der Waals surface area contributed by atoms with Gasteiger partial charge in [0.1, 0.15) is 0 Å². The van der Waals surface area contributed by atoms with Crippen LogP contribution in [0, 0.1) is 0 Å². The summed E-state index contributed by atoms with van der Waals surface area (Å²) in [6.45, 7) is 94.9. The molecule has 0 N–H and O–H groups in total. The third-order valence-electron chi connectivity index (χ3n) is 19.6. The Balaban J connectivity index is -0.0000000478. The van der Waals surface area contributed by atoms with Crippen molar-refractivity contribution in [3.63, 3.8) is 0 Å². The van der Waals surface area contributed by atoms with E-state index in [-0.39, 0.29) is 0 Å². The zero-order valence-corrected chi connectivity index (χ0v) is 100. The van der Waals surface area contributed by atoms with Gasteiger partial charge in [-0.3, -0.25) is 0 Å². The van der Waals surface area contributed by atoms with Crippen molar-refractivity contribution < 1.29 is 4.74 Å². The van der Waals surface area contributed by atoms with Gasteiger partial charge < -0.3 is 4.74 Å². The quantitative estimate of drug-likeness (QED) is 0.0552. The minimum Gasteiger partial charge on any atom is -0.382 e. The summed E-state index contributed by atoms with van der Waals surface area (Å²) in [6.07, 6.45) is 111. The number of unbranched alkanes of at least 4 members (excludes halogenated alkanes) is 60. The fraction of sp³-hybridized carbons (Fsp3) is 1.00. The Morgan fingerprint density at radius 1 is 0.0640 bits per heavy atom. The normalized spacial score (nSPS) is 8.98. The Bertz CT molecular complexity index is 639. The lowest BCUT2D eigenvalue weighted by Crippen LogP contribution is -1.84. The zero-order valence-electron chi connectivity index (χ0n) is 100. The van der Waals surface area contributed by atoms with Crippen molar-refractivity contribution in [3.8, 4) is 0 Å². The molecule has 1 heteroatoms. The van der Waals surface area contributed by atoms with Crippen LogP contribution in [0.5, 0.6) is 0 Å². The third kappa shape index (κ3) is 480. The summed E-state index contributed by atoms with van der Waals surface area (Å²) < 4.78 is 4.83. The number of rotatable bonds is 62. The van der Waals surface area contributed by atoms with Gasteiger partial charge in [-0.05, 0) is 13.8 Å². The number of hydrogen-bond donors (Lipinski definition) is 0. The smallest absolute Gasteiger partial charge is 0.0437 e. The Hall–Kier alpha value is -0.0400. The lowest BCUT2D eigenvalue weighted by atomic mass is 10.2. The van der Waals surface area contributed by atoms with Crippen LogP contribution < -0.4 is 0 Å². The first-order chi connectivity index (χ1) is 60.7. The third-order valence-corrected chi connectivity index (χ3v) is 19.6. The van der Waals surface area contributed by atoms with E-state index in [1.54, 1.807) is 0 Å². The molecule has 0 radical (unpaired) electrons. The van der Waals surface area contributed by atoms with Crippen LogP contribution in [0.1, 0.15) is 804 Å². The van der Waals surface area contributed by atoms with Gasteiger partial charge in [0.25, 0.3) is 0 Å². The molecule has 0 aromatic heterocycles. The van der Waals surface area contributed by atoms with Crippen molar-refractivity contribution in [1.82, 2.24) is 0 Å². The van der Waals surface area contributed by atoms with Crippen LogP contribution in [0.3, 0.4) is 0 Å². The highest BCUT2D eigenvalue weighted by Crippen LogP contribution is 2.05. The Morgan fingerprint density at radius 3 is 0.104 bits per heavy atom. The molecule has 0 aromatic carbocycles. The summed E-state index contributed by atoms with van der Waals surface area (Å²) in [5.41, 5.74) is 0. The predicted molar refractivity (Wildman–Crippen MR) is 618 cm³/mol. The Kier molecular flexibility index (Phi) is 387. The van der Waals surface area contributed by atoms with Crippen LogP contribution in [-0.2, 0) is 4.74 Å². The standard InChI is InChI=1S/20C6H14.C4H10O/c20*1-3-5-6-4-2;1-3-5-4-2/h20*3-6H2,1-2H3;3-4H2,1-2H3. The molecule has 0 saturated heterocycles. The SMILES string of the molecule is CCCCCC.CCCCCC.CCCCCC.CCCCCC.CCCCCC.CCCCCC.CCCCCC.CCCCCC.CCCCCC.CCCCCC.CCCCCC.CCCCCC.CCCCCC.CCCCCC.CCCCCC.CCCCCC.CCCCCC.CCCCCC.CCCCCC.CCCCCC.CCOCC.